The lowest BCUT2D eigenvalue weighted by atomic mass is 9.92. The van der Waals surface area contributed by atoms with E-state index >= 15 is 0 Å². The number of rotatable bonds is 4. The third-order valence-corrected chi connectivity index (χ3v) is 5.89. The second kappa shape index (κ2) is 6.49. The predicted octanol–water partition coefficient (Wildman–Crippen LogP) is 2.67. The molecule has 0 bridgehead atoms. The maximum Gasteiger partial charge on any atom is 0.325 e. The smallest absolute Gasteiger partial charge is 0.319 e. The average Bonchev–Trinajstić information content (AvgIpc) is 2.78. The van der Waals surface area contributed by atoms with Gasteiger partial charge < -0.3 is 5.32 Å². The Balaban J connectivity index is 1.90. The minimum absolute atomic E-state index is 0.165. The Morgan fingerprint density at radius 2 is 1.56 bits per heavy atom. The largest absolute Gasteiger partial charge is 0.325 e. The molecule has 1 atom stereocenters. The van der Waals surface area contributed by atoms with Gasteiger partial charge in [0.25, 0.3) is 5.91 Å². The van der Waals surface area contributed by atoms with E-state index in [2.05, 4.69) is 5.32 Å². The molecule has 7 heteroatoms. The zero-order chi connectivity index (χ0) is 20.0. The minimum Gasteiger partial charge on any atom is -0.319 e. The Morgan fingerprint density at radius 1 is 1.00 bits per heavy atom. The molecule has 1 aliphatic heterocycles. The molecule has 142 valence electrons. The van der Waals surface area contributed by atoms with Gasteiger partial charge >= 0.3 is 6.03 Å². The molecule has 0 saturated carbocycles. The van der Waals surface area contributed by atoms with Crippen molar-refractivity contribution >= 4 is 21.8 Å². The van der Waals surface area contributed by atoms with E-state index in [9.17, 15) is 18.0 Å². The van der Waals surface area contributed by atoms with Gasteiger partial charge in [0.15, 0.2) is 9.84 Å². The third-order valence-electron chi connectivity index (χ3n) is 4.76. The predicted molar refractivity (Wildman–Crippen MR) is 102 cm³/mol. The van der Waals surface area contributed by atoms with Crippen molar-refractivity contribution in [3.8, 4) is 0 Å². The van der Waals surface area contributed by atoms with Crippen LogP contribution in [-0.2, 0) is 26.7 Å². The van der Waals surface area contributed by atoms with E-state index in [0.29, 0.717) is 5.56 Å². The van der Waals surface area contributed by atoms with E-state index in [1.165, 1.54) is 17.0 Å². The first kappa shape index (κ1) is 19.1. The molecule has 3 rings (SSSR count). The number of nitrogens with one attached hydrogen (secondary N) is 1. The van der Waals surface area contributed by atoms with Crippen molar-refractivity contribution in [1.29, 1.82) is 0 Å². The Morgan fingerprint density at radius 3 is 2.07 bits per heavy atom. The summed E-state index contributed by atoms with van der Waals surface area (Å²) in [5.74, 6) is -0.362. The van der Waals surface area contributed by atoms with Crippen LogP contribution >= 0.6 is 0 Å². The highest BCUT2D eigenvalue weighted by Gasteiger charge is 2.48. The lowest BCUT2D eigenvalue weighted by Crippen LogP contribution is -2.40. The number of hydrogen-bond donors (Lipinski definition) is 1. The van der Waals surface area contributed by atoms with Gasteiger partial charge in [-0.25, -0.2) is 13.2 Å². The Kier molecular flexibility index (Phi) is 4.59. The van der Waals surface area contributed by atoms with Crippen LogP contribution in [0.1, 0.15) is 29.2 Å². The zero-order valence-electron chi connectivity index (χ0n) is 15.7. The van der Waals surface area contributed by atoms with Crippen molar-refractivity contribution in [2.75, 3.05) is 6.26 Å². The van der Waals surface area contributed by atoms with E-state index in [-0.39, 0.29) is 17.3 Å². The molecule has 0 aromatic heterocycles. The van der Waals surface area contributed by atoms with Crippen molar-refractivity contribution < 1.29 is 18.0 Å². The van der Waals surface area contributed by atoms with Crippen molar-refractivity contribution in [2.45, 2.75) is 37.8 Å². The quantitative estimate of drug-likeness (QED) is 0.819. The van der Waals surface area contributed by atoms with Crippen LogP contribution in [0.2, 0.25) is 0 Å². The first-order valence-corrected chi connectivity index (χ1v) is 10.4. The van der Waals surface area contributed by atoms with Gasteiger partial charge in [-0.1, -0.05) is 41.5 Å². The van der Waals surface area contributed by atoms with Gasteiger partial charge in [-0.05, 0) is 44.0 Å². The summed E-state index contributed by atoms with van der Waals surface area (Å²) in [4.78, 5) is 26.8. The fourth-order valence-corrected chi connectivity index (χ4v) is 4.04. The fraction of sp³-hybridized carbons (Fsp3) is 0.300. The van der Waals surface area contributed by atoms with Gasteiger partial charge in [0, 0.05) is 6.26 Å². The SMILES string of the molecule is Cc1cc(C)cc(CN2C(=O)NC(C)(c3ccc(S(C)(=O)=O)cc3)C2=O)c1. The van der Waals surface area contributed by atoms with Gasteiger partial charge in [-0.3, -0.25) is 9.69 Å². The van der Waals surface area contributed by atoms with Crippen molar-refractivity contribution in [1.82, 2.24) is 10.2 Å². The van der Waals surface area contributed by atoms with E-state index in [0.717, 1.165) is 22.9 Å². The highest BCUT2D eigenvalue weighted by molar-refractivity contribution is 7.90. The second-order valence-electron chi connectivity index (χ2n) is 7.24. The van der Waals surface area contributed by atoms with Gasteiger partial charge in [0.1, 0.15) is 5.54 Å². The Bertz CT molecular complexity index is 1010. The third kappa shape index (κ3) is 3.60. The van der Waals surface area contributed by atoms with E-state index < -0.39 is 21.4 Å². The van der Waals surface area contributed by atoms with Crippen molar-refractivity contribution in [3.63, 3.8) is 0 Å². The van der Waals surface area contributed by atoms with Crippen LogP contribution in [0.3, 0.4) is 0 Å². The Hall–Kier alpha value is -2.67. The summed E-state index contributed by atoms with van der Waals surface area (Å²) in [6.45, 7) is 5.75. The maximum absolute atomic E-state index is 13.0. The number of hydrogen-bond acceptors (Lipinski definition) is 4. The van der Waals surface area contributed by atoms with Crippen LogP contribution in [0.5, 0.6) is 0 Å². The van der Waals surface area contributed by atoms with Crippen LogP contribution in [0.15, 0.2) is 47.4 Å². The summed E-state index contributed by atoms with van der Waals surface area (Å²) in [5, 5.41) is 2.74. The lowest BCUT2D eigenvalue weighted by Gasteiger charge is -2.22. The molecular formula is C20H22N2O4S. The minimum atomic E-state index is -3.33. The first-order valence-electron chi connectivity index (χ1n) is 8.52. The summed E-state index contributed by atoms with van der Waals surface area (Å²) >= 11 is 0. The lowest BCUT2D eigenvalue weighted by molar-refractivity contribution is -0.131. The molecule has 2 aromatic carbocycles. The summed E-state index contributed by atoms with van der Waals surface area (Å²) in [7, 11) is -3.33. The van der Waals surface area contributed by atoms with Crippen molar-refractivity contribution in [2.24, 2.45) is 0 Å². The maximum atomic E-state index is 13.0. The molecule has 1 N–H and O–H groups in total. The van der Waals surface area contributed by atoms with Gasteiger partial charge in [0.2, 0.25) is 0 Å². The van der Waals surface area contributed by atoms with Crippen LogP contribution in [-0.4, -0.2) is 31.5 Å². The number of nitrogens with zero attached hydrogens (tertiary/aromatic N) is 1. The Labute approximate surface area is 159 Å². The topological polar surface area (TPSA) is 83.6 Å². The molecule has 1 aliphatic rings. The summed E-state index contributed by atoms with van der Waals surface area (Å²) in [6.07, 6.45) is 1.12. The molecule has 1 unspecified atom stereocenters. The summed E-state index contributed by atoms with van der Waals surface area (Å²) in [6, 6.07) is 11.5. The van der Waals surface area contributed by atoms with Crippen LogP contribution < -0.4 is 5.32 Å². The van der Waals surface area contributed by atoms with Gasteiger partial charge in [-0.15, -0.1) is 0 Å². The number of carbonyl (C=O) groups is 2. The molecule has 1 fully saturated rings. The van der Waals surface area contributed by atoms with Crippen LogP contribution in [0.4, 0.5) is 4.79 Å². The van der Waals surface area contributed by atoms with Crippen molar-refractivity contribution in [3.05, 3.63) is 64.7 Å². The molecule has 1 heterocycles. The molecule has 2 aromatic rings. The van der Waals surface area contributed by atoms with E-state index in [1.54, 1.807) is 19.1 Å². The zero-order valence-corrected chi connectivity index (χ0v) is 16.6. The molecule has 1 saturated heterocycles. The normalized spacial score (nSPS) is 20.1. The number of carbonyl (C=O) groups excluding carboxylic acids is 2. The number of urea groups is 1. The van der Waals surface area contributed by atoms with Gasteiger partial charge in [-0.2, -0.15) is 0 Å². The standard InChI is InChI=1S/C20H22N2O4S/c1-13-9-14(2)11-15(10-13)12-22-18(23)20(3,21-19(22)24)16-5-7-17(8-6-16)27(4,25)26/h5-11H,12H2,1-4H3,(H,21,24). The van der Waals surface area contributed by atoms with E-state index in [4.69, 9.17) is 0 Å². The monoisotopic (exact) mass is 386 g/mol. The number of aryl methyl sites for hydroxylation is 2. The fourth-order valence-electron chi connectivity index (χ4n) is 3.41. The van der Waals surface area contributed by atoms with Crippen LogP contribution in [0.25, 0.3) is 0 Å². The van der Waals surface area contributed by atoms with E-state index in [1.807, 2.05) is 32.0 Å². The number of sulfone groups is 1. The molecule has 27 heavy (non-hydrogen) atoms. The summed E-state index contributed by atoms with van der Waals surface area (Å²) < 4.78 is 23.3. The molecule has 0 radical (unpaired) electrons. The molecule has 0 spiro atoms. The number of benzene rings is 2. The molecule has 3 amide bonds. The molecule has 0 aliphatic carbocycles. The molecular weight excluding hydrogens is 364 g/mol. The first-order chi connectivity index (χ1) is 12.5. The highest BCUT2D eigenvalue weighted by Crippen LogP contribution is 2.30. The number of imide groups is 1. The van der Waals surface area contributed by atoms with Crippen LogP contribution in [0, 0.1) is 13.8 Å². The average molecular weight is 386 g/mol. The molecule has 6 nitrogen and oxygen atoms in total. The van der Waals surface area contributed by atoms with Gasteiger partial charge in [0.05, 0.1) is 11.4 Å². The number of amides is 3. The second-order valence-corrected chi connectivity index (χ2v) is 9.25. The summed E-state index contributed by atoms with van der Waals surface area (Å²) in [5.41, 5.74) is 2.32. The highest BCUT2D eigenvalue weighted by atomic mass is 32.2.